The van der Waals surface area contributed by atoms with Crippen LogP contribution in [0.25, 0.3) is 10.9 Å². The van der Waals surface area contributed by atoms with Crippen LogP contribution in [0, 0.1) is 0 Å². The summed E-state index contributed by atoms with van der Waals surface area (Å²) < 4.78 is 0. The molecule has 0 aliphatic heterocycles. The third-order valence-corrected chi connectivity index (χ3v) is 6.69. The normalized spacial score (nSPS) is 14.3. The summed E-state index contributed by atoms with van der Waals surface area (Å²) in [6, 6.07) is 3.35. The molecule has 0 spiro atoms. The lowest BCUT2D eigenvalue weighted by atomic mass is 10.0. The first kappa shape index (κ1) is 28.7. The third kappa shape index (κ3) is 7.83. The molecule has 0 aliphatic rings. The number of carbonyl (C=O) groups is 4. The molecule has 2 aromatic heterocycles. The summed E-state index contributed by atoms with van der Waals surface area (Å²) in [6.45, 7) is 1.34. The number of fused-ring (bicyclic) bond motifs is 1. The predicted octanol–water partition coefficient (Wildman–Crippen LogP) is 0.316. The Morgan fingerprint density at radius 1 is 1.03 bits per heavy atom. The molecule has 204 valence electrons. The second kappa shape index (κ2) is 13.6. The van der Waals surface area contributed by atoms with Crippen molar-refractivity contribution in [3.8, 4) is 0 Å². The van der Waals surface area contributed by atoms with Gasteiger partial charge in [0.2, 0.25) is 17.7 Å². The molecule has 8 N–H and O–H groups in total. The number of rotatable bonds is 14. The van der Waals surface area contributed by atoms with Gasteiger partial charge < -0.3 is 36.8 Å². The highest BCUT2D eigenvalue weighted by atomic mass is 32.2. The second-order valence-corrected chi connectivity index (χ2v) is 9.91. The molecule has 0 bridgehead atoms. The second-order valence-electron chi connectivity index (χ2n) is 8.92. The highest BCUT2D eigenvalue weighted by Gasteiger charge is 2.30. The number of H-pyrrole nitrogens is 2. The number of hydrogen-bond donors (Lipinski definition) is 7. The van der Waals surface area contributed by atoms with Crippen LogP contribution in [-0.2, 0) is 32.0 Å². The van der Waals surface area contributed by atoms with Crippen LogP contribution in [0.1, 0.15) is 24.6 Å². The molecule has 4 unspecified atom stereocenters. The number of nitrogens with one attached hydrogen (secondary N) is 5. The Balaban J connectivity index is 1.83. The summed E-state index contributed by atoms with van der Waals surface area (Å²) in [5, 5.41) is 18.0. The quantitative estimate of drug-likeness (QED) is 0.151. The Morgan fingerprint density at radius 3 is 2.39 bits per heavy atom. The van der Waals surface area contributed by atoms with Crippen LogP contribution in [0.15, 0.2) is 43.0 Å². The zero-order valence-corrected chi connectivity index (χ0v) is 22.0. The molecular weight excluding hydrogens is 510 g/mol. The Hall–Kier alpha value is -3.84. The Labute approximate surface area is 223 Å². The highest BCUT2D eigenvalue weighted by molar-refractivity contribution is 7.98. The van der Waals surface area contributed by atoms with Crippen molar-refractivity contribution in [2.75, 3.05) is 12.0 Å². The van der Waals surface area contributed by atoms with E-state index in [1.165, 1.54) is 19.4 Å². The van der Waals surface area contributed by atoms with E-state index in [9.17, 15) is 24.3 Å². The minimum Gasteiger partial charge on any atom is -0.480 e. The van der Waals surface area contributed by atoms with Crippen molar-refractivity contribution in [3.05, 3.63) is 54.2 Å². The molecule has 0 aliphatic carbocycles. The van der Waals surface area contributed by atoms with Gasteiger partial charge in [0.1, 0.15) is 18.1 Å². The van der Waals surface area contributed by atoms with Crippen LogP contribution in [0.4, 0.5) is 0 Å². The van der Waals surface area contributed by atoms with Gasteiger partial charge in [-0.3, -0.25) is 19.2 Å². The minimum absolute atomic E-state index is 0.0831. The number of aromatic nitrogens is 3. The van der Waals surface area contributed by atoms with E-state index in [2.05, 4.69) is 30.9 Å². The van der Waals surface area contributed by atoms with Crippen molar-refractivity contribution in [2.24, 2.45) is 5.73 Å². The molecule has 3 aromatic rings. The fourth-order valence-electron chi connectivity index (χ4n) is 3.86. The van der Waals surface area contributed by atoms with E-state index < -0.39 is 47.9 Å². The van der Waals surface area contributed by atoms with Gasteiger partial charge in [-0.2, -0.15) is 11.8 Å². The Bertz CT molecular complexity index is 1250. The number of nitrogens with zero attached hydrogens (tertiary/aromatic N) is 1. The molecule has 3 rings (SSSR count). The van der Waals surface area contributed by atoms with Crippen LogP contribution in [0.2, 0.25) is 0 Å². The number of amides is 3. The third-order valence-electron chi connectivity index (χ3n) is 6.04. The summed E-state index contributed by atoms with van der Waals surface area (Å²) >= 11 is 1.56. The molecule has 38 heavy (non-hydrogen) atoms. The van der Waals surface area contributed by atoms with Crippen LogP contribution >= 0.6 is 11.8 Å². The number of carboxylic acids is 1. The van der Waals surface area contributed by atoms with E-state index in [-0.39, 0.29) is 12.8 Å². The van der Waals surface area contributed by atoms with Gasteiger partial charge in [0.05, 0.1) is 12.4 Å². The van der Waals surface area contributed by atoms with E-state index >= 15 is 0 Å². The van der Waals surface area contributed by atoms with Gasteiger partial charge in [0.25, 0.3) is 0 Å². The molecule has 0 fully saturated rings. The standard InChI is InChI=1S/C25H33N7O5S/c1-14(25(36)37)30-23(34)20(9-15-11-28-19-6-4-3-5-17(15)19)32-24(35)21(10-16-12-27-13-29-16)31-22(33)18(26)7-8-38-2/h3-6,11-14,18,20-21,28H,7-10,26H2,1-2H3,(H,27,29)(H,30,34)(H,31,33)(H,32,35)(H,36,37). The fraction of sp³-hybridized carbons (Fsp3) is 0.400. The van der Waals surface area contributed by atoms with Gasteiger partial charge in [-0.25, -0.2) is 4.98 Å². The van der Waals surface area contributed by atoms with E-state index in [4.69, 9.17) is 5.73 Å². The maximum atomic E-state index is 13.5. The van der Waals surface area contributed by atoms with Crippen molar-refractivity contribution in [3.63, 3.8) is 0 Å². The highest BCUT2D eigenvalue weighted by Crippen LogP contribution is 2.19. The number of aromatic amines is 2. The summed E-state index contributed by atoms with van der Waals surface area (Å²) in [5.74, 6) is -2.30. The van der Waals surface area contributed by atoms with Crippen LogP contribution < -0.4 is 21.7 Å². The van der Waals surface area contributed by atoms with Gasteiger partial charge in [0, 0.05) is 41.8 Å². The summed E-state index contributed by atoms with van der Waals surface area (Å²) in [5.41, 5.74) is 8.22. The summed E-state index contributed by atoms with van der Waals surface area (Å²) in [6.07, 6.45) is 7.24. The lowest BCUT2D eigenvalue weighted by Gasteiger charge is -2.24. The Morgan fingerprint density at radius 2 is 1.71 bits per heavy atom. The monoisotopic (exact) mass is 543 g/mol. The number of carboxylic acid groups (broad SMARTS) is 1. The van der Waals surface area contributed by atoms with Gasteiger partial charge in [-0.05, 0) is 37.0 Å². The first-order valence-electron chi connectivity index (χ1n) is 12.1. The molecule has 4 atom stereocenters. The number of benzene rings is 1. The first-order valence-corrected chi connectivity index (χ1v) is 13.5. The van der Waals surface area contributed by atoms with Gasteiger partial charge in [0.15, 0.2) is 0 Å². The number of carbonyl (C=O) groups excluding carboxylic acids is 3. The topological polar surface area (TPSA) is 195 Å². The maximum Gasteiger partial charge on any atom is 0.325 e. The predicted molar refractivity (Wildman–Crippen MR) is 144 cm³/mol. The molecular formula is C25H33N7O5S. The zero-order valence-electron chi connectivity index (χ0n) is 21.2. The molecule has 13 heteroatoms. The number of para-hydroxylation sites is 1. The van der Waals surface area contributed by atoms with Gasteiger partial charge in [-0.15, -0.1) is 0 Å². The van der Waals surface area contributed by atoms with E-state index in [0.29, 0.717) is 17.9 Å². The molecule has 0 saturated carbocycles. The summed E-state index contributed by atoms with van der Waals surface area (Å²) in [4.78, 5) is 60.6. The number of imidazole rings is 1. The van der Waals surface area contributed by atoms with Crippen molar-refractivity contribution < 1.29 is 24.3 Å². The lowest BCUT2D eigenvalue weighted by molar-refractivity contribution is -0.141. The van der Waals surface area contributed by atoms with Crippen LogP contribution in [-0.4, -0.2) is 79.9 Å². The molecule has 1 aromatic carbocycles. The molecule has 12 nitrogen and oxygen atoms in total. The van der Waals surface area contributed by atoms with Gasteiger partial charge >= 0.3 is 5.97 Å². The number of aliphatic carboxylic acids is 1. The van der Waals surface area contributed by atoms with Crippen molar-refractivity contribution in [1.29, 1.82) is 0 Å². The van der Waals surface area contributed by atoms with E-state index in [0.717, 1.165) is 16.5 Å². The maximum absolute atomic E-state index is 13.5. The molecule has 2 heterocycles. The first-order chi connectivity index (χ1) is 18.2. The number of thioether (sulfide) groups is 1. The fourth-order valence-corrected chi connectivity index (χ4v) is 4.35. The summed E-state index contributed by atoms with van der Waals surface area (Å²) in [7, 11) is 0. The molecule has 3 amide bonds. The average Bonchev–Trinajstić information content (AvgIpc) is 3.56. The van der Waals surface area contributed by atoms with E-state index in [1.54, 1.807) is 18.0 Å². The Kier molecular flexibility index (Phi) is 10.3. The van der Waals surface area contributed by atoms with Crippen molar-refractivity contribution in [1.82, 2.24) is 30.9 Å². The minimum atomic E-state index is -1.21. The van der Waals surface area contributed by atoms with Gasteiger partial charge in [-0.1, -0.05) is 18.2 Å². The van der Waals surface area contributed by atoms with Crippen molar-refractivity contribution >= 4 is 46.4 Å². The number of hydrogen-bond acceptors (Lipinski definition) is 7. The van der Waals surface area contributed by atoms with Crippen molar-refractivity contribution in [2.45, 2.75) is 50.4 Å². The number of nitrogens with two attached hydrogens (primary N) is 1. The smallest absolute Gasteiger partial charge is 0.325 e. The molecule has 0 saturated heterocycles. The molecule has 0 radical (unpaired) electrons. The van der Waals surface area contributed by atoms with Crippen LogP contribution in [0.5, 0.6) is 0 Å². The zero-order chi connectivity index (χ0) is 27.7. The van der Waals surface area contributed by atoms with Crippen LogP contribution in [0.3, 0.4) is 0 Å². The average molecular weight is 544 g/mol. The van der Waals surface area contributed by atoms with E-state index in [1.807, 2.05) is 30.5 Å². The largest absolute Gasteiger partial charge is 0.480 e. The lowest BCUT2D eigenvalue weighted by Crippen LogP contribution is -2.58. The SMILES string of the molecule is CSCCC(N)C(=O)NC(Cc1cnc[nH]1)C(=O)NC(Cc1c[nH]c2ccccc12)C(=O)NC(C)C(=O)O.